The van der Waals surface area contributed by atoms with Crippen LogP contribution in [-0.4, -0.2) is 0 Å². The summed E-state index contributed by atoms with van der Waals surface area (Å²) in [6, 6.07) is 6.58. The molecular formula is C11H13N. The molecule has 0 amide bonds. The highest BCUT2D eigenvalue weighted by Crippen LogP contribution is 2.27. The van der Waals surface area contributed by atoms with Crippen molar-refractivity contribution < 1.29 is 0 Å². The molecule has 1 nitrogen and oxygen atoms in total. The number of fused-ring (bicyclic) bond motifs is 1. The van der Waals surface area contributed by atoms with Crippen LogP contribution in [0.2, 0.25) is 0 Å². The van der Waals surface area contributed by atoms with E-state index in [9.17, 15) is 0 Å². The van der Waals surface area contributed by atoms with E-state index in [2.05, 4.69) is 37.0 Å². The van der Waals surface area contributed by atoms with E-state index in [-0.39, 0.29) is 0 Å². The van der Waals surface area contributed by atoms with Gasteiger partial charge in [-0.15, -0.1) is 0 Å². The van der Waals surface area contributed by atoms with Crippen molar-refractivity contribution in [3.05, 3.63) is 41.6 Å². The van der Waals surface area contributed by atoms with Gasteiger partial charge in [-0.05, 0) is 23.6 Å². The topological polar surface area (TPSA) is 12.0 Å². The van der Waals surface area contributed by atoms with E-state index in [0.29, 0.717) is 0 Å². The lowest BCUT2D eigenvalue weighted by atomic mass is 10.1. The molecule has 1 aliphatic rings. The minimum atomic E-state index is 0.989. The second-order valence-corrected chi connectivity index (χ2v) is 3.25. The first-order valence-electron chi connectivity index (χ1n) is 4.36. The van der Waals surface area contributed by atoms with Gasteiger partial charge in [0.05, 0.1) is 0 Å². The van der Waals surface area contributed by atoms with Crippen LogP contribution < -0.4 is 5.32 Å². The van der Waals surface area contributed by atoms with Crippen molar-refractivity contribution in [3.8, 4) is 0 Å². The highest BCUT2D eigenvalue weighted by molar-refractivity contribution is 5.62. The normalized spacial score (nSPS) is 14.2. The van der Waals surface area contributed by atoms with E-state index in [4.69, 9.17) is 0 Å². The number of hydrogen-bond acceptors (Lipinski definition) is 1. The number of aryl methyl sites for hydroxylation is 1. The molecule has 12 heavy (non-hydrogen) atoms. The average molecular weight is 159 g/mol. The van der Waals surface area contributed by atoms with Gasteiger partial charge in [-0.2, -0.15) is 0 Å². The smallest absolute Gasteiger partial charge is 0.0418 e. The van der Waals surface area contributed by atoms with Crippen LogP contribution in [0, 0.1) is 0 Å². The summed E-state index contributed by atoms with van der Waals surface area (Å²) in [6.45, 7) is 6.09. The van der Waals surface area contributed by atoms with Crippen molar-refractivity contribution in [3.63, 3.8) is 0 Å². The Morgan fingerprint density at radius 1 is 1.50 bits per heavy atom. The van der Waals surface area contributed by atoms with Gasteiger partial charge < -0.3 is 5.32 Å². The molecule has 2 rings (SSSR count). The van der Waals surface area contributed by atoms with Crippen molar-refractivity contribution in [2.24, 2.45) is 0 Å². The first-order valence-corrected chi connectivity index (χ1v) is 4.36. The number of nitrogens with one attached hydrogen (secondary N) is 1. The van der Waals surface area contributed by atoms with Crippen LogP contribution in [0.25, 0.3) is 0 Å². The molecule has 1 heterocycles. The van der Waals surface area contributed by atoms with Crippen molar-refractivity contribution in [2.45, 2.75) is 19.8 Å². The molecule has 0 saturated carbocycles. The van der Waals surface area contributed by atoms with E-state index in [1.54, 1.807) is 0 Å². The summed E-state index contributed by atoms with van der Waals surface area (Å²) in [4.78, 5) is 0. The zero-order valence-corrected chi connectivity index (χ0v) is 7.35. The van der Waals surface area contributed by atoms with Crippen molar-refractivity contribution in [2.75, 3.05) is 5.32 Å². The van der Waals surface area contributed by atoms with Crippen LogP contribution in [0.1, 0.15) is 18.1 Å². The number of anilines is 1. The lowest BCUT2D eigenvalue weighted by Gasteiger charge is -2.00. The van der Waals surface area contributed by atoms with E-state index < -0.39 is 0 Å². The number of benzene rings is 1. The number of hydrogen-bond donors (Lipinski definition) is 1. The maximum atomic E-state index is 3.91. The lowest BCUT2D eigenvalue weighted by molar-refractivity contribution is 1.13. The summed E-state index contributed by atoms with van der Waals surface area (Å²) in [7, 11) is 0. The van der Waals surface area contributed by atoms with Gasteiger partial charge in [0, 0.05) is 17.8 Å². The third kappa shape index (κ3) is 1.11. The molecule has 0 radical (unpaired) electrons. The Labute approximate surface area is 73.1 Å². The number of rotatable bonds is 1. The van der Waals surface area contributed by atoms with Crippen LogP contribution >= 0.6 is 0 Å². The first-order chi connectivity index (χ1) is 5.79. The molecule has 0 atom stereocenters. The maximum absolute atomic E-state index is 3.91. The molecule has 0 spiro atoms. The minimum Gasteiger partial charge on any atom is -0.359 e. The minimum absolute atomic E-state index is 0.989. The predicted molar refractivity (Wildman–Crippen MR) is 52.3 cm³/mol. The summed E-state index contributed by atoms with van der Waals surface area (Å²) >= 11 is 0. The van der Waals surface area contributed by atoms with Gasteiger partial charge in [0.25, 0.3) is 0 Å². The van der Waals surface area contributed by atoms with Crippen LogP contribution in [0.15, 0.2) is 30.5 Å². The highest BCUT2D eigenvalue weighted by atomic mass is 14.9. The zero-order chi connectivity index (χ0) is 8.55. The second kappa shape index (κ2) is 2.67. The molecule has 0 aromatic heterocycles. The first kappa shape index (κ1) is 7.41. The van der Waals surface area contributed by atoms with Crippen molar-refractivity contribution in [1.29, 1.82) is 0 Å². The van der Waals surface area contributed by atoms with E-state index in [1.807, 2.05) is 0 Å². The largest absolute Gasteiger partial charge is 0.359 e. The second-order valence-electron chi connectivity index (χ2n) is 3.25. The quantitative estimate of drug-likeness (QED) is 0.664. The van der Waals surface area contributed by atoms with E-state index in [0.717, 1.165) is 18.5 Å². The molecule has 0 saturated heterocycles. The third-order valence-corrected chi connectivity index (χ3v) is 2.29. The predicted octanol–water partition coefficient (Wildman–Crippen LogP) is 2.73. The standard InChI is InChI=1S/C11H13N/c1-3-9-4-5-11-10(7-9)6-8(2)12-11/h4-5,7,12H,2-3,6H2,1H3. The third-order valence-electron chi connectivity index (χ3n) is 2.29. The van der Waals surface area contributed by atoms with Crippen LogP contribution in [0.5, 0.6) is 0 Å². The Morgan fingerprint density at radius 3 is 3.08 bits per heavy atom. The highest BCUT2D eigenvalue weighted by Gasteiger charge is 2.12. The Morgan fingerprint density at radius 2 is 2.33 bits per heavy atom. The maximum Gasteiger partial charge on any atom is 0.0418 e. The van der Waals surface area contributed by atoms with Crippen LogP contribution in [0.3, 0.4) is 0 Å². The summed E-state index contributed by atoms with van der Waals surface area (Å²) < 4.78 is 0. The van der Waals surface area contributed by atoms with Gasteiger partial charge >= 0.3 is 0 Å². The van der Waals surface area contributed by atoms with Gasteiger partial charge in [-0.1, -0.05) is 25.6 Å². The monoisotopic (exact) mass is 159 g/mol. The van der Waals surface area contributed by atoms with Crippen LogP contribution in [0.4, 0.5) is 5.69 Å². The molecule has 62 valence electrons. The molecule has 1 N–H and O–H groups in total. The molecule has 0 fully saturated rings. The number of allylic oxidation sites excluding steroid dienone is 1. The molecule has 1 aliphatic heterocycles. The average Bonchev–Trinajstić information content (AvgIpc) is 2.43. The molecule has 1 aromatic carbocycles. The van der Waals surface area contributed by atoms with E-state index in [1.165, 1.54) is 16.8 Å². The SMILES string of the molecule is C=C1Cc2cc(CC)ccc2N1. The van der Waals surface area contributed by atoms with Crippen molar-refractivity contribution in [1.82, 2.24) is 0 Å². The Bertz CT molecular complexity index is 326. The molecule has 0 unspecified atom stereocenters. The van der Waals surface area contributed by atoms with E-state index >= 15 is 0 Å². The molecular weight excluding hydrogens is 146 g/mol. The van der Waals surface area contributed by atoms with Gasteiger partial charge in [0.15, 0.2) is 0 Å². The lowest BCUT2D eigenvalue weighted by Crippen LogP contribution is -1.87. The zero-order valence-electron chi connectivity index (χ0n) is 7.35. The fourth-order valence-corrected chi connectivity index (χ4v) is 1.60. The summed E-state index contributed by atoms with van der Waals surface area (Å²) in [5.41, 5.74) is 5.14. The van der Waals surface area contributed by atoms with Crippen molar-refractivity contribution >= 4 is 5.69 Å². The molecule has 1 aromatic rings. The van der Waals surface area contributed by atoms with Gasteiger partial charge in [0.1, 0.15) is 0 Å². The summed E-state index contributed by atoms with van der Waals surface area (Å²) in [6.07, 6.45) is 2.10. The van der Waals surface area contributed by atoms with Crippen LogP contribution in [-0.2, 0) is 12.8 Å². The molecule has 0 bridgehead atoms. The fourth-order valence-electron chi connectivity index (χ4n) is 1.60. The van der Waals surface area contributed by atoms with Gasteiger partial charge in [-0.25, -0.2) is 0 Å². The Hall–Kier alpha value is -1.24. The fraction of sp³-hybridized carbons (Fsp3) is 0.273. The Kier molecular flexibility index (Phi) is 1.65. The van der Waals surface area contributed by atoms with Gasteiger partial charge in [-0.3, -0.25) is 0 Å². The molecule has 0 aliphatic carbocycles. The Balaban J connectivity index is 2.41. The summed E-state index contributed by atoms with van der Waals surface area (Å²) in [5.74, 6) is 0. The van der Waals surface area contributed by atoms with Gasteiger partial charge in [0.2, 0.25) is 0 Å². The summed E-state index contributed by atoms with van der Waals surface area (Å²) in [5, 5.41) is 3.25. The molecule has 1 heteroatoms.